The van der Waals surface area contributed by atoms with E-state index in [9.17, 15) is 4.79 Å². The lowest BCUT2D eigenvalue weighted by Gasteiger charge is -2.36. The predicted octanol–water partition coefficient (Wildman–Crippen LogP) is 4.80. The lowest BCUT2D eigenvalue weighted by atomic mass is 9.86. The van der Waals surface area contributed by atoms with Gasteiger partial charge in [-0.2, -0.15) is 0 Å². The van der Waals surface area contributed by atoms with Crippen LogP contribution in [0.25, 0.3) is 0 Å². The lowest BCUT2D eigenvalue weighted by molar-refractivity contribution is -0.118. The Morgan fingerprint density at radius 3 is 2.56 bits per heavy atom. The number of ether oxygens (including phenoxy) is 3. The van der Waals surface area contributed by atoms with Gasteiger partial charge in [-0.05, 0) is 57.1 Å². The van der Waals surface area contributed by atoms with Gasteiger partial charge in [-0.3, -0.25) is 9.69 Å². The fraction of sp³-hybridized carbons (Fsp3) is 0.552. The summed E-state index contributed by atoms with van der Waals surface area (Å²) >= 11 is 0. The van der Waals surface area contributed by atoms with Crippen molar-refractivity contribution in [3.05, 3.63) is 47.5 Å². The van der Waals surface area contributed by atoms with Crippen LogP contribution in [0.5, 0.6) is 11.5 Å². The smallest absolute Gasteiger partial charge is 0.238 e. The Morgan fingerprint density at radius 1 is 1.06 bits per heavy atom. The van der Waals surface area contributed by atoms with Gasteiger partial charge in [0.15, 0.2) is 0 Å². The summed E-state index contributed by atoms with van der Waals surface area (Å²) in [6.45, 7) is 8.38. The summed E-state index contributed by atoms with van der Waals surface area (Å²) in [7, 11) is 0. The van der Waals surface area contributed by atoms with Crippen molar-refractivity contribution >= 4 is 17.3 Å². The first-order chi connectivity index (χ1) is 17.7. The number of carbonyl (C=O) groups is 1. The van der Waals surface area contributed by atoms with Gasteiger partial charge >= 0.3 is 0 Å². The minimum absolute atomic E-state index is 0.00696. The normalized spacial score (nSPS) is 19.6. The van der Waals surface area contributed by atoms with Gasteiger partial charge in [0.2, 0.25) is 5.91 Å². The molecule has 1 amide bonds. The molecule has 1 atom stereocenters. The predicted molar refractivity (Wildman–Crippen MR) is 142 cm³/mol. The number of hydrogen-bond donors (Lipinski definition) is 1. The molecule has 1 N–H and O–H groups in total. The monoisotopic (exact) mass is 493 g/mol. The largest absolute Gasteiger partial charge is 0.492 e. The molecule has 0 bridgehead atoms. The molecule has 0 spiro atoms. The molecule has 2 fully saturated rings. The highest BCUT2D eigenvalue weighted by Crippen LogP contribution is 2.42. The van der Waals surface area contributed by atoms with Crippen molar-refractivity contribution in [3.8, 4) is 11.5 Å². The number of benzene rings is 2. The van der Waals surface area contributed by atoms with Gasteiger partial charge in [0.05, 0.1) is 44.3 Å². The van der Waals surface area contributed by atoms with Crippen LogP contribution in [0.1, 0.15) is 56.7 Å². The summed E-state index contributed by atoms with van der Waals surface area (Å²) in [5.41, 5.74) is 4.48. The average molecular weight is 494 g/mol. The molecule has 2 aliphatic carbocycles. The summed E-state index contributed by atoms with van der Waals surface area (Å²) in [6.07, 6.45) is 5.73. The number of rotatable bonds is 10. The van der Waals surface area contributed by atoms with E-state index in [-0.39, 0.29) is 5.91 Å². The highest BCUT2D eigenvalue weighted by atomic mass is 16.5. The van der Waals surface area contributed by atoms with Crippen LogP contribution < -0.4 is 19.7 Å². The van der Waals surface area contributed by atoms with Crippen molar-refractivity contribution in [2.24, 2.45) is 0 Å². The van der Waals surface area contributed by atoms with Crippen molar-refractivity contribution in [1.82, 2.24) is 4.90 Å². The Hall–Kier alpha value is -2.77. The van der Waals surface area contributed by atoms with Crippen LogP contribution in [0.15, 0.2) is 36.4 Å². The Labute approximate surface area is 214 Å². The number of amides is 1. The molecule has 0 radical (unpaired) electrons. The van der Waals surface area contributed by atoms with E-state index in [1.54, 1.807) is 0 Å². The van der Waals surface area contributed by atoms with Gasteiger partial charge in [0.25, 0.3) is 0 Å². The van der Waals surface area contributed by atoms with Crippen molar-refractivity contribution in [2.45, 2.75) is 58.0 Å². The van der Waals surface area contributed by atoms with E-state index in [1.165, 1.54) is 30.4 Å². The lowest BCUT2D eigenvalue weighted by Crippen LogP contribution is -2.39. The van der Waals surface area contributed by atoms with Crippen LogP contribution in [0.3, 0.4) is 0 Å². The topological polar surface area (TPSA) is 63.3 Å². The maximum absolute atomic E-state index is 13.4. The third-order valence-electron chi connectivity index (χ3n) is 7.37. The number of anilines is 2. The van der Waals surface area contributed by atoms with E-state index >= 15 is 0 Å². The van der Waals surface area contributed by atoms with E-state index < -0.39 is 0 Å². The minimum Gasteiger partial charge on any atom is -0.492 e. The van der Waals surface area contributed by atoms with E-state index in [4.69, 9.17) is 14.2 Å². The maximum atomic E-state index is 13.4. The van der Waals surface area contributed by atoms with Crippen molar-refractivity contribution in [3.63, 3.8) is 0 Å². The van der Waals surface area contributed by atoms with Crippen LogP contribution in [0.4, 0.5) is 11.4 Å². The van der Waals surface area contributed by atoms with E-state index in [2.05, 4.69) is 39.4 Å². The number of fused-ring (bicyclic) bond motifs is 1. The zero-order chi connectivity index (χ0) is 24.9. The van der Waals surface area contributed by atoms with Crippen LogP contribution in [0, 0.1) is 0 Å². The van der Waals surface area contributed by atoms with Crippen LogP contribution in [-0.2, 0) is 16.0 Å². The SMILES string of the molecule is CCOc1cc(N2CCOCC2)c(OCC)cc1NC(=O)CN(C1CC1)C1CCCc2ccccc21. The first kappa shape index (κ1) is 24.9. The van der Waals surface area contributed by atoms with E-state index in [0.29, 0.717) is 56.5 Å². The number of carbonyl (C=O) groups excluding carboxylic acids is 1. The fourth-order valence-corrected chi connectivity index (χ4v) is 5.57. The second-order valence-corrected chi connectivity index (χ2v) is 9.84. The zero-order valence-electron chi connectivity index (χ0n) is 21.6. The van der Waals surface area contributed by atoms with Gasteiger partial charge in [-0.15, -0.1) is 0 Å². The molecule has 7 nitrogen and oxygen atoms in total. The Bertz CT molecular complexity index is 1050. The second-order valence-electron chi connectivity index (χ2n) is 9.84. The number of morpholine rings is 1. The van der Waals surface area contributed by atoms with E-state index in [0.717, 1.165) is 37.4 Å². The molecule has 1 saturated heterocycles. The number of nitrogens with one attached hydrogen (secondary N) is 1. The van der Waals surface area contributed by atoms with Gasteiger partial charge in [0.1, 0.15) is 11.5 Å². The highest BCUT2D eigenvalue weighted by molar-refractivity contribution is 5.94. The highest BCUT2D eigenvalue weighted by Gasteiger charge is 2.37. The summed E-state index contributed by atoms with van der Waals surface area (Å²) in [4.78, 5) is 18.1. The van der Waals surface area contributed by atoms with E-state index in [1.807, 2.05) is 26.0 Å². The van der Waals surface area contributed by atoms with Gasteiger partial charge in [-0.25, -0.2) is 0 Å². The standard InChI is InChI=1S/C29H39N3O4/c1-3-35-27-19-26(31-14-16-34-17-15-31)28(36-4-2)18-24(27)30-29(33)20-32(22-12-13-22)25-11-7-9-21-8-5-6-10-23(21)25/h5-6,8,10,18-19,22,25H,3-4,7,9,11-17,20H2,1-2H3,(H,30,33). The Morgan fingerprint density at radius 2 is 1.81 bits per heavy atom. The molecule has 1 saturated carbocycles. The molecule has 1 unspecified atom stereocenters. The van der Waals surface area contributed by atoms with Crippen molar-refractivity contribution in [2.75, 3.05) is 56.3 Å². The molecule has 7 heteroatoms. The van der Waals surface area contributed by atoms with Gasteiger partial charge < -0.3 is 24.4 Å². The summed E-state index contributed by atoms with van der Waals surface area (Å²) in [6, 6.07) is 13.5. The minimum atomic E-state index is -0.00696. The first-order valence-corrected chi connectivity index (χ1v) is 13.6. The molecule has 3 aliphatic rings. The molecule has 2 aromatic rings. The van der Waals surface area contributed by atoms with Gasteiger partial charge in [-0.1, -0.05) is 24.3 Å². The Balaban J connectivity index is 1.37. The molecule has 1 heterocycles. The Kier molecular flexibility index (Phi) is 7.97. The number of hydrogen-bond acceptors (Lipinski definition) is 6. The van der Waals surface area contributed by atoms with Crippen LogP contribution in [0.2, 0.25) is 0 Å². The summed E-state index contributed by atoms with van der Waals surface area (Å²) in [5, 5.41) is 3.17. The van der Waals surface area contributed by atoms with Crippen LogP contribution >= 0.6 is 0 Å². The summed E-state index contributed by atoms with van der Waals surface area (Å²) in [5.74, 6) is 1.43. The third-order valence-corrected chi connectivity index (χ3v) is 7.37. The first-order valence-electron chi connectivity index (χ1n) is 13.6. The van der Waals surface area contributed by atoms with Gasteiger partial charge in [0, 0.05) is 37.3 Å². The molecular formula is C29H39N3O4. The molecule has 194 valence electrons. The molecule has 2 aromatic carbocycles. The number of aryl methyl sites for hydroxylation is 1. The number of nitrogens with zero attached hydrogens (tertiary/aromatic N) is 2. The molecule has 1 aliphatic heterocycles. The maximum Gasteiger partial charge on any atom is 0.238 e. The molecule has 5 rings (SSSR count). The zero-order valence-corrected chi connectivity index (χ0v) is 21.6. The molecular weight excluding hydrogens is 454 g/mol. The van der Waals surface area contributed by atoms with Crippen molar-refractivity contribution < 1.29 is 19.0 Å². The van der Waals surface area contributed by atoms with Crippen molar-refractivity contribution in [1.29, 1.82) is 0 Å². The van der Waals surface area contributed by atoms with Crippen LogP contribution in [-0.4, -0.2) is 62.9 Å². The fourth-order valence-electron chi connectivity index (χ4n) is 5.57. The second kappa shape index (κ2) is 11.5. The molecule has 0 aromatic heterocycles. The third kappa shape index (κ3) is 5.62. The molecule has 36 heavy (non-hydrogen) atoms. The summed E-state index contributed by atoms with van der Waals surface area (Å²) < 4.78 is 17.5. The quantitative estimate of drug-likeness (QED) is 0.513. The average Bonchev–Trinajstić information content (AvgIpc) is 3.75.